The first-order chi connectivity index (χ1) is 4.63. The van der Waals surface area contributed by atoms with E-state index >= 15 is 0 Å². The van der Waals surface area contributed by atoms with Gasteiger partial charge in [-0.1, -0.05) is 0 Å². The van der Waals surface area contributed by atoms with E-state index in [-0.39, 0.29) is 16.6 Å². The Morgan fingerprint density at radius 2 is 2.30 bits per heavy atom. The summed E-state index contributed by atoms with van der Waals surface area (Å²) >= 11 is 11.9. The molecule has 2 aliphatic rings. The highest BCUT2D eigenvalue weighted by atomic mass is 35.5. The molecule has 3 heteroatoms. The molecule has 0 N–H and O–H groups in total. The molecular weight excluding hydrogens is 171 g/mol. The molecule has 2 fully saturated rings. The van der Waals surface area contributed by atoms with Gasteiger partial charge < -0.3 is 0 Å². The van der Waals surface area contributed by atoms with Gasteiger partial charge in [-0.25, -0.2) is 0 Å². The summed E-state index contributed by atoms with van der Waals surface area (Å²) in [6.45, 7) is 0. The standard InChI is InChI=1S/C7H8Cl2O/c8-6-5(10)4-1-2-7(6,9)3-4/h4,6H,1-3H2. The van der Waals surface area contributed by atoms with Gasteiger partial charge in [-0.2, -0.15) is 0 Å². The van der Waals surface area contributed by atoms with Crippen molar-refractivity contribution in [2.24, 2.45) is 5.92 Å². The highest BCUT2D eigenvalue weighted by molar-refractivity contribution is 6.41. The summed E-state index contributed by atoms with van der Waals surface area (Å²) in [5, 5.41) is -0.409. The van der Waals surface area contributed by atoms with Crippen LogP contribution in [0.2, 0.25) is 0 Å². The van der Waals surface area contributed by atoms with E-state index in [1.165, 1.54) is 0 Å². The molecule has 0 aromatic heterocycles. The Balaban J connectivity index is 2.34. The maximum absolute atomic E-state index is 11.2. The molecular formula is C7H8Cl2O. The fourth-order valence-corrected chi connectivity index (χ4v) is 2.74. The smallest absolute Gasteiger partial charge is 0.155 e. The summed E-state index contributed by atoms with van der Waals surface area (Å²) in [6, 6.07) is 0. The van der Waals surface area contributed by atoms with Crippen LogP contribution in [0.1, 0.15) is 19.3 Å². The van der Waals surface area contributed by atoms with Gasteiger partial charge in [0.1, 0.15) is 5.38 Å². The molecule has 0 aromatic rings. The number of rotatable bonds is 0. The first kappa shape index (κ1) is 6.93. The van der Waals surface area contributed by atoms with Crippen LogP contribution in [-0.2, 0) is 4.79 Å². The van der Waals surface area contributed by atoms with Crippen molar-refractivity contribution in [3.63, 3.8) is 0 Å². The third-order valence-electron chi connectivity index (χ3n) is 2.60. The Morgan fingerprint density at radius 3 is 2.60 bits per heavy atom. The Labute approximate surface area is 69.7 Å². The lowest BCUT2D eigenvalue weighted by Crippen LogP contribution is -2.32. The van der Waals surface area contributed by atoms with E-state index in [0.29, 0.717) is 0 Å². The largest absolute Gasteiger partial charge is 0.298 e. The van der Waals surface area contributed by atoms with Gasteiger partial charge in [0.25, 0.3) is 0 Å². The lowest BCUT2D eigenvalue weighted by atomic mass is 9.98. The van der Waals surface area contributed by atoms with Crippen molar-refractivity contribution in [3.05, 3.63) is 0 Å². The lowest BCUT2D eigenvalue weighted by molar-refractivity contribution is -0.121. The number of halogens is 2. The van der Waals surface area contributed by atoms with Crippen LogP contribution >= 0.6 is 23.2 Å². The minimum absolute atomic E-state index is 0.169. The number of hydrogen-bond acceptors (Lipinski definition) is 1. The van der Waals surface area contributed by atoms with E-state index in [0.717, 1.165) is 19.3 Å². The van der Waals surface area contributed by atoms with Gasteiger partial charge in [0, 0.05) is 5.92 Å². The van der Waals surface area contributed by atoms with Crippen LogP contribution in [0.4, 0.5) is 0 Å². The fraction of sp³-hybridized carbons (Fsp3) is 0.857. The molecule has 2 saturated carbocycles. The van der Waals surface area contributed by atoms with Crippen molar-refractivity contribution in [1.29, 1.82) is 0 Å². The molecule has 0 saturated heterocycles. The summed E-state index contributed by atoms with van der Waals surface area (Å²) in [6.07, 6.45) is 2.67. The van der Waals surface area contributed by atoms with E-state index in [2.05, 4.69) is 0 Å². The number of hydrogen-bond donors (Lipinski definition) is 0. The van der Waals surface area contributed by atoms with E-state index in [9.17, 15) is 4.79 Å². The number of carbonyl (C=O) groups is 1. The van der Waals surface area contributed by atoms with Crippen molar-refractivity contribution in [3.8, 4) is 0 Å². The zero-order valence-corrected chi connectivity index (χ0v) is 6.95. The molecule has 2 aliphatic carbocycles. The molecule has 2 rings (SSSR count). The SMILES string of the molecule is O=C1C2CCC(Cl)(C2)C1Cl. The van der Waals surface area contributed by atoms with E-state index in [1.54, 1.807) is 0 Å². The van der Waals surface area contributed by atoms with Crippen LogP contribution in [0.25, 0.3) is 0 Å². The van der Waals surface area contributed by atoms with Crippen LogP contribution in [0.3, 0.4) is 0 Å². The van der Waals surface area contributed by atoms with Crippen LogP contribution in [0, 0.1) is 5.92 Å². The van der Waals surface area contributed by atoms with Gasteiger partial charge in [0.2, 0.25) is 0 Å². The van der Waals surface area contributed by atoms with E-state index in [1.807, 2.05) is 0 Å². The second kappa shape index (κ2) is 1.89. The minimum atomic E-state index is -0.409. The topological polar surface area (TPSA) is 17.1 Å². The zero-order valence-electron chi connectivity index (χ0n) is 5.44. The van der Waals surface area contributed by atoms with Gasteiger partial charge in [0.15, 0.2) is 5.78 Å². The molecule has 0 aromatic carbocycles. The lowest BCUT2D eigenvalue weighted by Gasteiger charge is -2.21. The van der Waals surface area contributed by atoms with Gasteiger partial charge >= 0.3 is 0 Å². The Hall–Kier alpha value is 0.250. The maximum atomic E-state index is 11.2. The Kier molecular flexibility index (Phi) is 1.31. The van der Waals surface area contributed by atoms with Gasteiger partial charge in [-0.15, -0.1) is 23.2 Å². The highest BCUT2D eigenvalue weighted by Crippen LogP contribution is 2.51. The number of alkyl halides is 2. The Bertz CT molecular complexity index is 192. The summed E-state index contributed by atoms with van der Waals surface area (Å²) in [5.41, 5.74) is 0. The quantitative estimate of drug-likeness (QED) is 0.519. The first-order valence-electron chi connectivity index (χ1n) is 3.50. The highest BCUT2D eigenvalue weighted by Gasteiger charge is 2.56. The zero-order chi connectivity index (χ0) is 7.35. The predicted molar refractivity (Wildman–Crippen MR) is 40.6 cm³/mol. The van der Waals surface area contributed by atoms with Crippen LogP contribution < -0.4 is 0 Å². The molecule has 56 valence electrons. The molecule has 0 radical (unpaired) electrons. The molecule has 0 spiro atoms. The number of carbonyl (C=O) groups excluding carboxylic acids is 1. The number of Topliss-reactive ketones (excluding diaryl/α,β-unsaturated/α-hetero) is 1. The fourth-order valence-electron chi connectivity index (χ4n) is 1.96. The molecule has 2 bridgehead atoms. The number of fused-ring (bicyclic) bond motifs is 2. The van der Waals surface area contributed by atoms with Crippen molar-refractivity contribution >= 4 is 29.0 Å². The molecule has 3 unspecified atom stereocenters. The van der Waals surface area contributed by atoms with Crippen LogP contribution in [0.15, 0.2) is 0 Å². The molecule has 1 nitrogen and oxygen atoms in total. The predicted octanol–water partition coefficient (Wildman–Crippen LogP) is 1.95. The molecule has 0 aliphatic heterocycles. The maximum Gasteiger partial charge on any atom is 0.155 e. The second-order valence-corrected chi connectivity index (χ2v) is 4.43. The van der Waals surface area contributed by atoms with Crippen molar-refractivity contribution in [2.75, 3.05) is 0 Å². The third-order valence-corrected chi connectivity index (χ3v) is 3.91. The normalized spacial score (nSPS) is 52.4. The molecule has 10 heavy (non-hydrogen) atoms. The average Bonchev–Trinajstić information content (AvgIpc) is 2.35. The van der Waals surface area contributed by atoms with Gasteiger partial charge in [-0.05, 0) is 19.3 Å². The van der Waals surface area contributed by atoms with E-state index in [4.69, 9.17) is 23.2 Å². The summed E-state index contributed by atoms with van der Waals surface area (Å²) in [7, 11) is 0. The summed E-state index contributed by atoms with van der Waals surface area (Å²) in [5.74, 6) is 0.350. The minimum Gasteiger partial charge on any atom is -0.298 e. The van der Waals surface area contributed by atoms with Crippen molar-refractivity contribution in [1.82, 2.24) is 0 Å². The van der Waals surface area contributed by atoms with Crippen molar-refractivity contribution < 1.29 is 4.79 Å². The van der Waals surface area contributed by atoms with Gasteiger partial charge in [-0.3, -0.25) is 4.79 Å². The molecule has 0 heterocycles. The van der Waals surface area contributed by atoms with Crippen LogP contribution in [0.5, 0.6) is 0 Å². The van der Waals surface area contributed by atoms with E-state index < -0.39 is 5.38 Å². The van der Waals surface area contributed by atoms with Crippen molar-refractivity contribution in [2.45, 2.75) is 29.5 Å². The van der Waals surface area contributed by atoms with Crippen LogP contribution in [-0.4, -0.2) is 16.0 Å². The first-order valence-corrected chi connectivity index (χ1v) is 4.32. The summed E-state index contributed by atoms with van der Waals surface area (Å²) < 4.78 is 0. The molecule has 0 amide bonds. The Morgan fingerprint density at radius 1 is 1.60 bits per heavy atom. The monoisotopic (exact) mass is 178 g/mol. The second-order valence-electron chi connectivity index (χ2n) is 3.24. The summed E-state index contributed by atoms with van der Waals surface area (Å²) in [4.78, 5) is 10.8. The average molecular weight is 179 g/mol. The van der Waals surface area contributed by atoms with Gasteiger partial charge in [0.05, 0.1) is 4.87 Å². The molecule has 3 atom stereocenters. The third kappa shape index (κ3) is 0.680. The number of ketones is 1.